The van der Waals surface area contributed by atoms with Gasteiger partial charge in [-0.2, -0.15) is 0 Å². The number of hydrogen-bond acceptors (Lipinski definition) is 3. The Balaban J connectivity index is 1.91. The summed E-state index contributed by atoms with van der Waals surface area (Å²) in [6, 6.07) is 2.02. The average molecular weight is 344 g/mol. The zero-order chi connectivity index (χ0) is 18.4. The number of amides is 1. The van der Waals surface area contributed by atoms with E-state index in [4.69, 9.17) is 4.74 Å². The van der Waals surface area contributed by atoms with Gasteiger partial charge in [-0.05, 0) is 24.0 Å². The predicted octanol–water partition coefficient (Wildman–Crippen LogP) is 4.56. The van der Waals surface area contributed by atoms with Crippen LogP contribution in [0.25, 0.3) is 6.08 Å². The average Bonchev–Trinajstić information content (AvgIpc) is 3.01. The minimum atomic E-state index is -0.337. The molecule has 0 unspecified atom stereocenters. The van der Waals surface area contributed by atoms with Gasteiger partial charge >= 0.3 is 0 Å². The van der Waals surface area contributed by atoms with Gasteiger partial charge in [0.15, 0.2) is 0 Å². The normalized spacial score (nSPS) is 19.4. The van der Waals surface area contributed by atoms with Crippen LogP contribution >= 0.6 is 0 Å². The van der Waals surface area contributed by atoms with Crippen molar-refractivity contribution in [3.05, 3.63) is 30.1 Å². The van der Waals surface area contributed by atoms with Gasteiger partial charge in [0.05, 0.1) is 12.7 Å². The summed E-state index contributed by atoms with van der Waals surface area (Å²) in [5.41, 5.74) is 0.720. The highest BCUT2D eigenvalue weighted by Crippen LogP contribution is 2.24. The van der Waals surface area contributed by atoms with Crippen LogP contribution in [0.5, 0.6) is 5.75 Å². The number of carbonyl (C=O) groups excluding carboxylic acids is 1. The van der Waals surface area contributed by atoms with Crippen LogP contribution in [0.3, 0.4) is 0 Å². The van der Waals surface area contributed by atoms with Gasteiger partial charge in [-0.1, -0.05) is 53.2 Å². The molecule has 1 aromatic heterocycles. The van der Waals surface area contributed by atoms with E-state index < -0.39 is 0 Å². The van der Waals surface area contributed by atoms with Crippen LogP contribution in [0.2, 0.25) is 0 Å². The molecule has 138 valence electrons. The van der Waals surface area contributed by atoms with Crippen molar-refractivity contribution < 1.29 is 9.53 Å². The lowest BCUT2D eigenvalue weighted by Gasteiger charge is -2.25. The fraction of sp³-hybridized carbons (Fsp3) is 0.619. The van der Waals surface area contributed by atoms with Crippen molar-refractivity contribution in [2.75, 3.05) is 13.1 Å². The largest absolute Gasteiger partial charge is 0.487 e. The fourth-order valence-electron chi connectivity index (χ4n) is 2.87. The molecule has 1 saturated heterocycles. The van der Waals surface area contributed by atoms with Crippen molar-refractivity contribution in [3.8, 4) is 5.75 Å². The summed E-state index contributed by atoms with van der Waals surface area (Å²) in [6.07, 6.45) is 11.1. The molecule has 0 aromatic carbocycles. The first-order valence-corrected chi connectivity index (χ1v) is 9.37. The third kappa shape index (κ3) is 5.87. The molecule has 25 heavy (non-hydrogen) atoms. The second-order valence-electron chi connectivity index (χ2n) is 8.14. The van der Waals surface area contributed by atoms with Crippen molar-refractivity contribution in [2.45, 2.75) is 60.0 Å². The highest BCUT2D eigenvalue weighted by molar-refractivity contribution is 5.81. The Hall–Kier alpha value is -1.84. The molecular weight excluding hydrogens is 312 g/mol. The Morgan fingerprint density at radius 1 is 1.44 bits per heavy atom. The summed E-state index contributed by atoms with van der Waals surface area (Å²) in [6.45, 7) is 11.8. The van der Waals surface area contributed by atoms with E-state index in [1.807, 2.05) is 37.9 Å². The second-order valence-corrected chi connectivity index (χ2v) is 8.14. The molecule has 1 amide bonds. The molecule has 0 aliphatic carbocycles. The molecule has 0 spiro atoms. The van der Waals surface area contributed by atoms with E-state index in [0.717, 1.165) is 30.7 Å². The maximum absolute atomic E-state index is 12.4. The Labute approximate surface area is 152 Å². The number of pyridine rings is 1. The first-order chi connectivity index (χ1) is 11.8. The maximum atomic E-state index is 12.4. The van der Waals surface area contributed by atoms with E-state index in [9.17, 15) is 4.79 Å². The molecule has 2 heterocycles. The summed E-state index contributed by atoms with van der Waals surface area (Å²) in [5, 5.41) is 0. The lowest BCUT2D eigenvalue weighted by Crippen LogP contribution is -2.38. The van der Waals surface area contributed by atoms with E-state index in [1.54, 1.807) is 6.20 Å². The molecule has 0 N–H and O–H groups in total. The molecule has 0 saturated carbocycles. The molecule has 0 bridgehead atoms. The van der Waals surface area contributed by atoms with Gasteiger partial charge in [0.25, 0.3) is 0 Å². The molecular formula is C21H32N2O2. The minimum Gasteiger partial charge on any atom is -0.487 e. The van der Waals surface area contributed by atoms with Crippen LogP contribution in [-0.4, -0.2) is 35.0 Å². The van der Waals surface area contributed by atoms with Gasteiger partial charge in [-0.3, -0.25) is 9.78 Å². The number of nitrogens with zero attached hydrogens (tertiary/aromatic N) is 2. The highest BCUT2D eigenvalue weighted by Gasteiger charge is 2.33. The smallest absolute Gasteiger partial charge is 0.228 e. The Kier molecular flexibility index (Phi) is 6.63. The first-order valence-electron chi connectivity index (χ1n) is 9.37. The summed E-state index contributed by atoms with van der Waals surface area (Å²) < 4.78 is 6.07. The third-order valence-corrected chi connectivity index (χ3v) is 4.66. The Bertz CT molecular complexity index is 604. The molecule has 1 aliphatic heterocycles. The molecule has 4 heteroatoms. The van der Waals surface area contributed by atoms with E-state index in [2.05, 4.69) is 31.0 Å². The highest BCUT2D eigenvalue weighted by atomic mass is 16.5. The summed E-state index contributed by atoms with van der Waals surface area (Å²) in [4.78, 5) is 18.6. The lowest BCUT2D eigenvalue weighted by molar-refractivity contribution is -0.138. The molecule has 4 nitrogen and oxygen atoms in total. The van der Waals surface area contributed by atoms with E-state index in [-0.39, 0.29) is 17.4 Å². The van der Waals surface area contributed by atoms with E-state index >= 15 is 0 Å². The van der Waals surface area contributed by atoms with Gasteiger partial charge in [0, 0.05) is 24.6 Å². The van der Waals surface area contributed by atoms with Crippen molar-refractivity contribution in [1.82, 2.24) is 9.88 Å². The molecule has 0 radical (unpaired) electrons. The van der Waals surface area contributed by atoms with E-state index in [1.165, 1.54) is 6.42 Å². The zero-order valence-corrected chi connectivity index (χ0v) is 16.3. The molecule has 1 fully saturated rings. The molecule has 1 aromatic rings. The summed E-state index contributed by atoms with van der Waals surface area (Å²) in [7, 11) is 0. The van der Waals surface area contributed by atoms with Crippen molar-refractivity contribution in [3.63, 3.8) is 0 Å². The first kappa shape index (κ1) is 19.5. The fourth-order valence-corrected chi connectivity index (χ4v) is 2.87. The van der Waals surface area contributed by atoms with Gasteiger partial charge in [0.1, 0.15) is 11.9 Å². The minimum absolute atomic E-state index is 0.0486. The SMILES string of the molecule is CC[C@@H](C)C/C=C/c1cncc(O[C@H]2CCN(C(=O)C(C)(C)C)C2)c1. The quantitative estimate of drug-likeness (QED) is 0.760. The van der Waals surface area contributed by atoms with Gasteiger partial charge in [-0.15, -0.1) is 0 Å². The molecule has 2 rings (SSSR count). The number of rotatable bonds is 6. The molecule has 2 atom stereocenters. The number of hydrogen-bond donors (Lipinski definition) is 0. The van der Waals surface area contributed by atoms with Crippen LogP contribution in [0.4, 0.5) is 0 Å². The van der Waals surface area contributed by atoms with Crippen LogP contribution in [0, 0.1) is 11.3 Å². The number of aromatic nitrogens is 1. The van der Waals surface area contributed by atoms with Crippen LogP contribution in [-0.2, 0) is 4.79 Å². The number of allylic oxidation sites excluding steroid dienone is 1. The second kappa shape index (κ2) is 8.50. The van der Waals surface area contributed by atoms with Crippen molar-refractivity contribution in [2.24, 2.45) is 11.3 Å². The lowest BCUT2D eigenvalue weighted by atomic mass is 9.95. The van der Waals surface area contributed by atoms with Gasteiger partial charge in [0.2, 0.25) is 5.91 Å². The maximum Gasteiger partial charge on any atom is 0.228 e. The van der Waals surface area contributed by atoms with Crippen molar-refractivity contribution >= 4 is 12.0 Å². The van der Waals surface area contributed by atoms with E-state index in [0.29, 0.717) is 12.5 Å². The predicted molar refractivity (Wildman–Crippen MR) is 102 cm³/mol. The number of likely N-dealkylation sites (tertiary alicyclic amines) is 1. The zero-order valence-electron chi connectivity index (χ0n) is 16.3. The number of ether oxygens (including phenoxy) is 1. The van der Waals surface area contributed by atoms with Crippen molar-refractivity contribution in [1.29, 1.82) is 0 Å². The number of carbonyl (C=O) groups is 1. The Morgan fingerprint density at radius 2 is 2.20 bits per heavy atom. The monoisotopic (exact) mass is 344 g/mol. The van der Waals surface area contributed by atoms with Gasteiger partial charge < -0.3 is 9.64 Å². The Morgan fingerprint density at radius 3 is 2.88 bits per heavy atom. The summed E-state index contributed by atoms with van der Waals surface area (Å²) in [5.74, 6) is 1.67. The van der Waals surface area contributed by atoms with Crippen LogP contribution in [0.15, 0.2) is 24.5 Å². The van der Waals surface area contributed by atoms with Gasteiger partial charge in [-0.25, -0.2) is 0 Å². The summed E-state index contributed by atoms with van der Waals surface area (Å²) >= 11 is 0. The third-order valence-electron chi connectivity index (χ3n) is 4.66. The molecule has 1 aliphatic rings. The standard InChI is InChI=1S/C21H32N2O2/c1-6-16(2)8-7-9-17-12-19(14-22-13-17)25-18-10-11-23(15-18)20(24)21(3,4)5/h7,9,12-14,16,18H,6,8,10-11,15H2,1-5H3/b9-7+/t16-,18+/m1/s1. The topological polar surface area (TPSA) is 42.4 Å². The van der Waals surface area contributed by atoms with Crippen LogP contribution < -0.4 is 4.74 Å². The van der Waals surface area contributed by atoms with Crippen LogP contribution in [0.1, 0.15) is 59.4 Å².